The van der Waals surface area contributed by atoms with Gasteiger partial charge in [-0.25, -0.2) is 0 Å². The standard InChI is InChI=1S/C9H14GeN2/c1-10(2,3)12-11-9-7-5-4-6-8-9/h4-8H,1-3H3. The molecule has 0 aliphatic carbocycles. The summed E-state index contributed by atoms with van der Waals surface area (Å²) in [6, 6.07) is 9.88. The molecule has 0 radical (unpaired) electrons. The number of hydrogen-bond donors (Lipinski definition) is 0. The van der Waals surface area contributed by atoms with Crippen LogP contribution in [0.15, 0.2) is 39.5 Å². The average Bonchev–Trinajstić information content (AvgIpc) is 2.02. The molecule has 1 aromatic rings. The fraction of sp³-hybridized carbons (Fsp3) is 0.333. The van der Waals surface area contributed by atoms with Gasteiger partial charge in [0.25, 0.3) is 0 Å². The Bertz CT molecular complexity index is 262. The Hall–Kier alpha value is -0.637. The molecule has 0 N–H and O–H groups in total. The van der Waals surface area contributed by atoms with E-state index >= 15 is 0 Å². The molecule has 0 atom stereocenters. The zero-order valence-electron chi connectivity index (χ0n) is 7.78. The van der Waals surface area contributed by atoms with Gasteiger partial charge in [-0.05, 0) is 0 Å². The van der Waals surface area contributed by atoms with E-state index in [4.69, 9.17) is 0 Å². The zero-order valence-corrected chi connectivity index (χ0v) is 9.88. The Morgan fingerprint density at radius 2 is 1.58 bits per heavy atom. The summed E-state index contributed by atoms with van der Waals surface area (Å²) in [6.07, 6.45) is 0. The summed E-state index contributed by atoms with van der Waals surface area (Å²) in [4.78, 5) is 0. The molecule has 1 rings (SSSR count). The minimum atomic E-state index is -1.83. The van der Waals surface area contributed by atoms with E-state index in [0.717, 1.165) is 5.69 Å². The molecule has 1 aromatic carbocycles. The summed E-state index contributed by atoms with van der Waals surface area (Å²) >= 11 is -1.83. The first-order chi connectivity index (χ1) is 5.58. The summed E-state index contributed by atoms with van der Waals surface area (Å²) in [5.41, 5.74) is 0.957. The summed E-state index contributed by atoms with van der Waals surface area (Å²) in [5, 5.41) is 4.19. The Morgan fingerprint density at radius 1 is 1.00 bits per heavy atom. The van der Waals surface area contributed by atoms with Crippen molar-refractivity contribution in [1.82, 2.24) is 0 Å². The molecule has 0 aliphatic heterocycles. The van der Waals surface area contributed by atoms with Crippen molar-refractivity contribution in [3.63, 3.8) is 0 Å². The van der Waals surface area contributed by atoms with E-state index in [1.54, 1.807) is 0 Å². The molecule has 0 heterocycles. The van der Waals surface area contributed by atoms with Crippen LogP contribution in [0.4, 0.5) is 5.69 Å². The molecule has 3 heteroatoms. The van der Waals surface area contributed by atoms with Gasteiger partial charge in [-0.15, -0.1) is 0 Å². The van der Waals surface area contributed by atoms with Gasteiger partial charge in [0.05, 0.1) is 0 Å². The van der Waals surface area contributed by atoms with Gasteiger partial charge in [-0.3, -0.25) is 0 Å². The molecule has 0 amide bonds. The van der Waals surface area contributed by atoms with E-state index < -0.39 is 13.5 Å². The monoisotopic (exact) mass is 224 g/mol. The third-order valence-corrected chi connectivity index (χ3v) is 2.69. The van der Waals surface area contributed by atoms with Gasteiger partial charge in [0.1, 0.15) is 0 Å². The van der Waals surface area contributed by atoms with Crippen LogP contribution >= 0.6 is 0 Å². The van der Waals surface area contributed by atoms with E-state index in [1.807, 2.05) is 30.3 Å². The molecular formula is C9H14GeN2. The van der Waals surface area contributed by atoms with E-state index in [-0.39, 0.29) is 0 Å². The second-order valence-electron chi connectivity index (χ2n) is 3.71. The fourth-order valence-electron chi connectivity index (χ4n) is 0.702. The SMILES string of the molecule is [CH3][Ge]([CH3])([CH3])[N]=Nc1ccccc1. The van der Waals surface area contributed by atoms with Gasteiger partial charge >= 0.3 is 76.0 Å². The van der Waals surface area contributed by atoms with Crippen molar-refractivity contribution in [3.8, 4) is 0 Å². The summed E-state index contributed by atoms with van der Waals surface area (Å²) in [7, 11) is 0. The summed E-state index contributed by atoms with van der Waals surface area (Å²) in [5.74, 6) is 6.64. The molecule has 2 nitrogen and oxygen atoms in total. The van der Waals surface area contributed by atoms with Crippen molar-refractivity contribution in [1.29, 1.82) is 0 Å². The van der Waals surface area contributed by atoms with Crippen molar-refractivity contribution < 1.29 is 0 Å². The van der Waals surface area contributed by atoms with Crippen molar-refractivity contribution in [2.24, 2.45) is 9.19 Å². The van der Waals surface area contributed by atoms with Crippen LogP contribution in [0.1, 0.15) is 0 Å². The molecule has 64 valence electrons. The first-order valence-electron chi connectivity index (χ1n) is 4.06. The quantitative estimate of drug-likeness (QED) is 0.540. The van der Waals surface area contributed by atoms with Gasteiger partial charge in [-0.2, -0.15) is 0 Å². The fourth-order valence-corrected chi connectivity index (χ4v) is 1.57. The predicted molar refractivity (Wildman–Crippen MR) is 54.3 cm³/mol. The molecule has 12 heavy (non-hydrogen) atoms. The molecule has 0 fully saturated rings. The van der Waals surface area contributed by atoms with E-state index in [1.165, 1.54) is 0 Å². The number of benzene rings is 1. The van der Waals surface area contributed by atoms with Crippen LogP contribution in [0.5, 0.6) is 0 Å². The van der Waals surface area contributed by atoms with Crippen molar-refractivity contribution in [2.45, 2.75) is 17.3 Å². The van der Waals surface area contributed by atoms with E-state index in [0.29, 0.717) is 0 Å². The third-order valence-electron chi connectivity index (χ3n) is 1.22. The molecule has 0 saturated heterocycles. The van der Waals surface area contributed by atoms with Gasteiger partial charge in [-0.1, -0.05) is 0 Å². The van der Waals surface area contributed by atoms with E-state index in [9.17, 15) is 0 Å². The normalized spacial score (nSPS) is 12.2. The first kappa shape index (κ1) is 9.45. The van der Waals surface area contributed by atoms with Crippen LogP contribution in [0, 0.1) is 0 Å². The topological polar surface area (TPSA) is 24.7 Å². The minimum absolute atomic E-state index is 0.957. The second kappa shape index (κ2) is 3.85. The Balaban J connectivity index is 2.71. The van der Waals surface area contributed by atoms with Gasteiger partial charge < -0.3 is 0 Å². The Labute approximate surface area is 76.3 Å². The van der Waals surface area contributed by atoms with Crippen molar-refractivity contribution >= 4 is 19.2 Å². The second-order valence-corrected chi connectivity index (χ2v) is 13.2. The maximum atomic E-state index is 4.34. The van der Waals surface area contributed by atoms with Crippen LogP contribution in [-0.4, -0.2) is 13.5 Å². The Morgan fingerprint density at radius 3 is 2.08 bits per heavy atom. The molecule has 0 unspecified atom stereocenters. The van der Waals surface area contributed by atoms with Gasteiger partial charge in [0.2, 0.25) is 0 Å². The molecule has 0 saturated carbocycles. The Kier molecular flexibility index (Phi) is 3.03. The maximum absolute atomic E-state index is 4.34. The first-order valence-corrected chi connectivity index (χ1v) is 11.3. The van der Waals surface area contributed by atoms with Crippen LogP contribution in [0.2, 0.25) is 17.3 Å². The van der Waals surface area contributed by atoms with Crippen LogP contribution in [0.25, 0.3) is 0 Å². The van der Waals surface area contributed by atoms with E-state index in [2.05, 4.69) is 26.5 Å². The summed E-state index contributed by atoms with van der Waals surface area (Å²) < 4.78 is 4.34. The molecule has 0 aliphatic rings. The van der Waals surface area contributed by atoms with Gasteiger partial charge in [0.15, 0.2) is 0 Å². The average molecular weight is 223 g/mol. The van der Waals surface area contributed by atoms with Gasteiger partial charge in [0, 0.05) is 0 Å². The molecular weight excluding hydrogens is 209 g/mol. The van der Waals surface area contributed by atoms with Crippen LogP contribution in [-0.2, 0) is 0 Å². The number of rotatable bonds is 2. The van der Waals surface area contributed by atoms with Crippen LogP contribution < -0.4 is 0 Å². The summed E-state index contributed by atoms with van der Waals surface area (Å²) in [6.45, 7) is 0. The third kappa shape index (κ3) is 3.67. The van der Waals surface area contributed by atoms with Crippen LogP contribution in [0.3, 0.4) is 0 Å². The number of nitrogens with zero attached hydrogens (tertiary/aromatic N) is 2. The van der Waals surface area contributed by atoms with Crippen molar-refractivity contribution in [2.75, 3.05) is 0 Å². The molecule has 0 aromatic heterocycles. The van der Waals surface area contributed by atoms with Crippen molar-refractivity contribution in [3.05, 3.63) is 30.3 Å². The number of hydrogen-bond acceptors (Lipinski definition) is 2. The molecule has 0 spiro atoms. The zero-order chi connectivity index (χ0) is 9.03. The molecule has 0 bridgehead atoms. The predicted octanol–water partition coefficient (Wildman–Crippen LogP) is 3.61.